The molecule has 2 fully saturated rings. The van der Waals surface area contributed by atoms with E-state index in [1.165, 1.54) is 17.0 Å². The molecule has 154 valence electrons. The lowest BCUT2D eigenvalue weighted by Gasteiger charge is -2.39. The fourth-order valence-corrected chi connectivity index (χ4v) is 5.20. The van der Waals surface area contributed by atoms with E-state index in [0.717, 1.165) is 7.88 Å². The summed E-state index contributed by atoms with van der Waals surface area (Å²) in [6.07, 6.45) is 0. The van der Waals surface area contributed by atoms with Crippen molar-refractivity contribution < 1.29 is 27.9 Å². The van der Waals surface area contributed by atoms with Crippen LogP contribution in [0.25, 0.3) is 0 Å². The molecular weight excluding hydrogens is 501 g/mol. The first-order valence-electron chi connectivity index (χ1n) is 8.87. The van der Waals surface area contributed by atoms with Gasteiger partial charge in [0.1, 0.15) is 6.04 Å². The van der Waals surface area contributed by atoms with E-state index in [1.54, 1.807) is 12.1 Å². The van der Waals surface area contributed by atoms with E-state index in [-0.39, 0.29) is 37.0 Å². The Bertz CT molecular complexity index is 826. The Morgan fingerprint density at radius 2 is 1.75 bits per heavy atom. The SMILES string of the molecule is O=C(O)[C@H]1CN(C(=O)CN2CCOCC2)CCN1S(=O)(=O)c1ccc(I)cc1. The average molecular weight is 523 g/mol. The summed E-state index contributed by atoms with van der Waals surface area (Å²) in [6.45, 7) is 2.54. The topological polar surface area (TPSA) is 107 Å². The van der Waals surface area contributed by atoms with Gasteiger partial charge < -0.3 is 14.7 Å². The van der Waals surface area contributed by atoms with Crippen molar-refractivity contribution in [3.63, 3.8) is 0 Å². The monoisotopic (exact) mass is 523 g/mol. The predicted molar refractivity (Wildman–Crippen MR) is 108 cm³/mol. The number of piperazine rings is 1. The van der Waals surface area contributed by atoms with Crippen LogP contribution in [-0.2, 0) is 24.3 Å². The number of carbonyl (C=O) groups excluding carboxylic acids is 1. The zero-order valence-electron chi connectivity index (χ0n) is 15.2. The number of carboxylic acid groups (broad SMARTS) is 1. The average Bonchev–Trinajstić information content (AvgIpc) is 2.68. The van der Waals surface area contributed by atoms with Crippen LogP contribution in [0.4, 0.5) is 0 Å². The van der Waals surface area contributed by atoms with Gasteiger partial charge >= 0.3 is 5.97 Å². The number of amides is 1. The maximum absolute atomic E-state index is 12.9. The molecule has 0 spiro atoms. The smallest absolute Gasteiger partial charge is 0.323 e. The molecule has 2 saturated heterocycles. The number of hydrogen-bond donors (Lipinski definition) is 1. The third kappa shape index (κ3) is 4.82. The maximum Gasteiger partial charge on any atom is 0.323 e. The third-order valence-corrected chi connectivity index (χ3v) is 7.49. The number of benzene rings is 1. The fourth-order valence-electron chi connectivity index (χ4n) is 3.27. The molecule has 0 unspecified atom stereocenters. The number of halogens is 1. The maximum atomic E-state index is 12.9. The van der Waals surface area contributed by atoms with Crippen LogP contribution in [0.15, 0.2) is 29.2 Å². The highest BCUT2D eigenvalue weighted by Crippen LogP contribution is 2.23. The third-order valence-electron chi connectivity index (χ3n) is 4.85. The summed E-state index contributed by atoms with van der Waals surface area (Å²) in [4.78, 5) is 27.8. The molecule has 0 radical (unpaired) electrons. The lowest BCUT2D eigenvalue weighted by Crippen LogP contribution is -2.60. The fraction of sp³-hybridized carbons (Fsp3) is 0.529. The number of rotatable bonds is 5. The Balaban J connectivity index is 1.72. The van der Waals surface area contributed by atoms with Gasteiger partial charge in [0.15, 0.2) is 0 Å². The summed E-state index contributed by atoms with van der Waals surface area (Å²) in [7, 11) is -3.97. The van der Waals surface area contributed by atoms with Crippen molar-refractivity contribution in [3.05, 3.63) is 27.8 Å². The van der Waals surface area contributed by atoms with Crippen LogP contribution in [0.3, 0.4) is 0 Å². The summed E-state index contributed by atoms with van der Waals surface area (Å²) in [5.74, 6) is -1.46. The minimum absolute atomic E-state index is 0.0484. The lowest BCUT2D eigenvalue weighted by molar-refractivity contribution is -0.146. The van der Waals surface area contributed by atoms with E-state index < -0.39 is 22.0 Å². The number of ether oxygens (including phenoxy) is 1. The van der Waals surface area contributed by atoms with E-state index in [4.69, 9.17) is 4.74 Å². The second-order valence-corrected chi connectivity index (χ2v) is 9.79. The van der Waals surface area contributed by atoms with Gasteiger partial charge in [-0.25, -0.2) is 8.42 Å². The van der Waals surface area contributed by atoms with Crippen LogP contribution in [0.1, 0.15) is 0 Å². The standard InChI is InChI=1S/C17H22IN3O6S/c18-13-1-3-14(4-2-13)28(25,26)21-6-5-20(11-15(21)17(23)24)16(22)12-19-7-9-27-10-8-19/h1-4,15H,5-12H2,(H,23,24)/t15-/m1/s1. The quantitative estimate of drug-likeness (QED) is 0.538. The molecule has 1 aromatic carbocycles. The van der Waals surface area contributed by atoms with Gasteiger partial charge in [0.25, 0.3) is 0 Å². The van der Waals surface area contributed by atoms with Crippen molar-refractivity contribution in [1.82, 2.24) is 14.1 Å². The second kappa shape index (κ2) is 9.03. The first-order chi connectivity index (χ1) is 13.3. The summed E-state index contributed by atoms with van der Waals surface area (Å²) < 4.78 is 33.0. The number of carboxylic acids is 1. The summed E-state index contributed by atoms with van der Waals surface area (Å²) in [5, 5.41) is 9.61. The molecule has 0 aliphatic carbocycles. The van der Waals surface area contributed by atoms with Crippen molar-refractivity contribution in [2.75, 3.05) is 52.5 Å². The Morgan fingerprint density at radius 3 is 2.36 bits per heavy atom. The molecule has 1 aromatic rings. The Morgan fingerprint density at radius 1 is 1.11 bits per heavy atom. The number of hydrogen-bond acceptors (Lipinski definition) is 6. The molecule has 1 N–H and O–H groups in total. The first kappa shape index (κ1) is 21.4. The van der Waals surface area contributed by atoms with Gasteiger partial charge in [0.05, 0.1) is 24.7 Å². The van der Waals surface area contributed by atoms with Crippen molar-refractivity contribution in [1.29, 1.82) is 0 Å². The van der Waals surface area contributed by atoms with E-state index in [2.05, 4.69) is 22.6 Å². The first-order valence-corrected chi connectivity index (χ1v) is 11.4. The Labute approximate surface area is 177 Å². The predicted octanol–water partition coefficient (Wildman–Crippen LogP) is -0.0905. The highest BCUT2D eigenvalue weighted by atomic mass is 127. The zero-order valence-corrected chi connectivity index (χ0v) is 18.1. The molecule has 1 atom stereocenters. The molecule has 28 heavy (non-hydrogen) atoms. The number of morpholine rings is 1. The van der Waals surface area contributed by atoms with Crippen LogP contribution in [-0.4, -0.2) is 98.0 Å². The summed E-state index contributed by atoms with van der Waals surface area (Å²) in [6, 6.07) is 4.93. The minimum atomic E-state index is -3.97. The van der Waals surface area contributed by atoms with Gasteiger partial charge in [-0.3, -0.25) is 14.5 Å². The van der Waals surface area contributed by atoms with E-state index in [1.807, 2.05) is 4.90 Å². The lowest BCUT2D eigenvalue weighted by atomic mass is 10.2. The minimum Gasteiger partial charge on any atom is -0.480 e. The molecule has 3 rings (SSSR count). The second-order valence-electron chi connectivity index (χ2n) is 6.65. The Kier molecular flexibility index (Phi) is 6.91. The number of carbonyl (C=O) groups is 2. The van der Waals surface area contributed by atoms with Gasteiger partial charge in [-0.15, -0.1) is 0 Å². The van der Waals surface area contributed by atoms with Crippen molar-refractivity contribution in [2.24, 2.45) is 0 Å². The summed E-state index contributed by atoms with van der Waals surface area (Å²) >= 11 is 2.07. The van der Waals surface area contributed by atoms with Crippen molar-refractivity contribution in [2.45, 2.75) is 10.9 Å². The number of nitrogens with zero attached hydrogens (tertiary/aromatic N) is 3. The van der Waals surface area contributed by atoms with Crippen molar-refractivity contribution >= 4 is 44.5 Å². The van der Waals surface area contributed by atoms with Crippen LogP contribution < -0.4 is 0 Å². The molecule has 0 aromatic heterocycles. The van der Waals surface area contributed by atoms with Crippen LogP contribution >= 0.6 is 22.6 Å². The van der Waals surface area contributed by atoms with Gasteiger partial charge in [-0.1, -0.05) is 0 Å². The highest BCUT2D eigenvalue weighted by molar-refractivity contribution is 14.1. The molecule has 0 bridgehead atoms. The molecular formula is C17H22IN3O6S. The van der Waals surface area contributed by atoms with Gasteiger partial charge in [-0.2, -0.15) is 4.31 Å². The molecule has 2 aliphatic rings. The molecule has 11 heteroatoms. The molecule has 2 aliphatic heterocycles. The van der Waals surface area contributed by atoms with Gasteiger partial charge in [0.2, 0.25) is 15.9 Å². The largest absolute Gasteiger partial charge is 0.480 e. The van der Waals surface area contributed by atoms with Crippen LogP contribution in [0, 0.1) is 3.57 Å². The van der Waals surface area contributed by atoms with Crippen LogP contribution in [0.5, 0.6) is 0 Å². The molecule has 1 amide bonds. The summed E-state index contributed by atoms with van der Waals surface area (Å²) in [5.41, 5.74) is 0. The van der Waals surface area contributed by atoms with E-state index >= 15 is 0 Å². The zero-order chi connectivity index (χ0) is 20.3. The molecule has 9 nitrogen and oxygen atoms in total. The normalized spacial score (nSPS) is 22.2. The molecule has 0 saturated carbocycles. The number of sulfonamides is 1. The van der Waals surface area contributed by atoms with Crippen LogP contribution in [0.2, 0.25) is 0 Å². The molecule has 2 heterocycles. The van der Waals surface area contributed by atoms with Crippen molar-refractivity contribution in [3.8, 4) is 0 Å². The van der Waals surface area contributed by atoms with E-state index in [9.17, 15) is 23.1 Å². The van der Waals surface area contributed by atoms with E-state index in [0.29, 0.717) is 26.3 Å². The van der Waals surface area contributed by atoms with Gasteiger partial charge in [-0.05, 0) is 46.9 Å². The Hall–Kier alpha value is -1.28. The highest BCUT2D eigenvalue weighted by Gasteiger charge is 2.41. The van der Waals surface area contributed by atoms with Gasteiger partial charge in [0, 0.05) is 36.3 Å². The number of aliphatic carboxylic acids is 1.